The molecule has 0 spiro atoms. The Morgan fingerprint density at radius 1 is 1.38 bits per heavy atom. The normalized spacial score (nSPS) is 11.7. The minimum atomic E-state index is -0.652. The van der Waals surface area contributed by atoms with E-state index in [2.05, 4.69) is 15.5 Å². The van der Waals surface area contributed by atoms with Gasteiger partial charge in [0.15, 0.2) is 17.7 Å². The molecule has 0 saturated heterocycles. The van der Waals surface area contributed by atoms with Crippen LogP contribution in [-0.2, 0) is 9.59 Å². The largest absolute Gasteiger partial charge is 0.478 e. The van der Waals surface area contributed by atoms with E-state index in [1.165, 1.54) is 31.1 Å². The van der Waals surface area contributed by atoms with Gasteiger partial charge in [-0.1, -0.05) is 23.9 Å². The molecule has 0 saturated carbocycles. The van der Waals surface area contributed by atoms with E-state index in [1.54, 1.807) is 19.1 Å². The molecule has 1 atom stereocenters. The van der Waals surface area contributed by atoms with Crippen molar-refractivity contribution in [2.24, 2.45) is 0 Å². The predicted molar refractivity (Wildman–Crippen MR) is 92.2 cm³/mol. The minimum absolute atomic E-state index is 0.0293. The lowest BCUT2D eigenvalue weighted by Crippen LogP contribution is -2.37. The summed E-state index contributed by atoms with van der Waals surface area (Å²) in [5.41, 5.74) is 0. The fourth-order valence-corrected chi connectivity index (χ4v) is 2.55. The van der Waals surface area contributed by atoms with Crippen molar-refractivity contribution in [2.45, 2.75) is 18.3 Å². The first-order valence-electron chi connectivity index (χ1n) is 7.72. The number of nitrogens with one attached hydrogen (secondary N) is 1. The smallest absolute Gasteiger partial charge is 0.277 e. The van der Waals surface area contributed by atoms with Gasteiger partial charge in [0.1, 0.15) is 0 Å². The third-order valence-corrected chi connectivity index (χ3v) is 4.12. The number of hydrogen-bond acceptors (Lipinski definition) is 7. The number of hydrogen-bond donors (Lipinski definition) is 1. The Hall–Kier alpha value is -2.62. The lowest BCUT2D eigenvalue weighted by atomic mass is 10.3. The molecule has 0 unspecified atom stereocenters. The molecule has 2 amide bonds. The summed E-state index contributed by atoms with van der Waals surface area (Å²) in [6.07, 6.45) is -0.652. The molecule has 8 nitrogen and oxygen atoms in total. The zero-order valence-corrected chi connectivity index (χ0v) is 15.4. The van der Waals surface area contributed by atoms with Gasteiger partial charge in [0, 0.05) is 14.1 Å². The predicted octanol–water partition coefficient (Wildman–Crippen LogP) is 1.65. The van der Waals surface area contributed by atoms with Gasteiger partial charge in [-0.15, -0.1) is 10.2 Å². The summed E-state index contributed by atoms with van der Waals surface area (Å²) in [6.45, 7) is 1.62. The lowest BCUT2D eigenvalue weighted by Gasteiger charge is -2.15. The van der Waals surface area contributed by atoms with Gasteiger partial charge in [0.2, 0.25) is 11.8 Å². The number of rotatable bonds is 8. The standard InChI is InChI=1S/C16H19FN4O4S/c1-10(24-12-7-5-4-6-11(12)17)15-19-20-16(25-15)26-9-14(23)21(3)8-13(22)18-2/h4-7,10H,8-9H2,1-3H3,(H,18,22)/t10-/m1/s1. The van der Waals surface area contributed by atoms with Gasteiger partial charge in [0.05, 0.1) is 12.3 Å². The average molecular weight is 382 g/mol. The topological polar surface area (TPSA) is 97.6 Å². The first-order chi connectivity index (χ1) is 12.4. The van der Waals surface area contributed by atoms with E-state index in [0.29, 0.717) is 0 Å². The summed E-state index contributed by atoms with van der Waals surface area (Å²) >= 11 is 1.05. The minimum Gasteiger partial charge on any atom is -0.478 e. The molecule has 0 aliphatic rings. The van der Waals surface area contributed by atoms with E-state index in [0.717, 1.165) is 11.8 Å². The van der Waals surface area contributed by atoms with Gasteiger partial charge in [0.25, 0.3) is 11.1 Å². The number of thioether (sulfide) groups is 1. The molecular formula is C16H19FN4O4S. The van der Waals surface area contributed by atoms with Crippen molar-refractivity contribution in [1.82, 2.24) is 20.4 Å². The lowest BCUT2D eigenvalue weighted by molar-refractivity contribution is -0.132. The van der Waals surface area contributed by atoms with Gasteiger partial charge >= 0.3 is 0 Å². The zero-order chi connectivity index (χ0) is 19.1. The van der Waals surface area contributed by atoms with E-state index >= 15 is 0 Å². The second-order valence-corrected chi connectivity index (χ2v) is 6.23. The summed E-state index contributed by atoms with van der Waals surface area (Å²) < 4.78 is 24.5. The summed E-state index contributed by atoms with van der Waals surface area (Å²) in [5, 5.41) is 10.3. The Balaban J connectivity index is 1.88. The van der Waals surface area contributed by atoms with Crippen LogP contribution in [0.1, 0.15) is 18.9 Å². The van der Waals surface area contributed by atoms with Crippen LogP contribution in [0.25, 0.3) is 0 Å². The van der Waals surface area contributed by atoms with E-state index in [1.807, 2.05) is 0 Å². The fourth-order valence-electron chi connectivity index (χ4n) is 1.84. The molecule has 0 aliphatic carbocycles. The molecule has 26 heavy (non-hydrogen) atoms. The van der Waals surface area contributed by atoms with Crippen LogP contribution >= 0.6 is 11.8 Å². The number of likely N-dealkylation sites (N-methyl/N-ethyl adjacent to an activating group) is 2. The van der Waals surface area contributed by atoms with Gasteiger partial charge < -0.3 is 19.4 Å². The first-order valence-corrected chi connectivity index (χ1v) is 8.71. The first kappa shape index (κ1) is 19.7. The quantitative estimate of drug-likeness (QED) is 0.693. The Kier molecular flexibility index (Phi) is 6.96. The Morgan fingerprint density at radius 3 is 2.81 bits per heavy atom. The van der Waals surface area contributed by atoms with Gasteiger partial charge in [-0.25, -0.2) is 4.39 Å². The van der Waals surface area contributed by atoms with E-state index < -0.39 is 11.9 Å². The third-order valence-electron chi connectivity index (χ3n) is 3.31. The van der Waals surface area contributed by atoms with Crippen molar-refractivity contribution >= 4 is 23.6 Å². The maximum absolute atomic E-state index is 13.6. The van der Waals surface area contributed by atoms with E-state index in [-0.39, 0.29) is 41.0 Å². The molecule has 2 aromatic rings. The van der Waals surface area contributed by atoms with Gasteiger partial charge in [-0.3, -0.25) is 9.59 Å². The summed E-state index contributed by atoms with van der Waals surface area (Å²) in [7, 11) is 3.03. The average Bonchev–Trinajstić information content (AvgIpc) is 3.10. The number of benzene rings is 1. The van der Waals surface area contributed by atoms with Crippen molar-refractivity contribution < 1.29 is 23.1 Å². The van der Waals surface area contributed by atoms with Gasteiger partial charge in [-0.2, -0.15) is 0 Å². The van der Waals surface area contributed by atoms with E-state index in [4.69, 9.17) is 9.15 Å². The van der Waals surface area contributed by atoms with Crippen LogP contribution in [-0.4, -0.2) is 53.3 Å². The molecule has 1 aromatic heterocycles. The Labute approximate surface area is 154 Å². The van der Waals surface area contributed by atoms with Crippen molar-refractivity contribution in [3.8, 4) is 5.75 Å². The molecule has 0 aliphatic heterocycles. The summed E-state index contributed by atoms with van der Waals surface area (Å²) in [5.74, 6) is -0.713. The summed E-state index contributed by atoms with van der Waals surface area (Å²) in [4.78, 5) is 24.5. The number of carbonyl (C=O) groups is 2. The molecule has 1 aromatic carbocycles. The van der Waals surface area contributed by atoms with E-state index in [9.17, 15) is 14.0 Å². The van der Waals surface area contributed by atoms with Crippen LogP contribution in [0.15, 0.2) is 33.9 Å². The van der Waals surface area contributed by atoms with Crippen LogP contribution in [0.3, 0.4) is 0 Å². The maximum atomic E-state index is 13.6. The maximum Gasteiger partial charge on any atom is 0.277 e. The second-order valence-electron chi connectivity index (χ2n) is 5.31. The Bertz CT molecular complexity index is 770. The van der Waals surface area contributed by atoms with Crippen molar-refractivity contribution in [3.63, 3.8) is 0 Å². The van der Waals surface area contributed by atoms with Crippen LogP contribution in [0.2, 0.25) is 0 Å². The third kappa shape index (κ3) is 5.45. The molecule has 0 radical (unpaired) electrons. The number of amides is 2. The van der Waals surface area contributed by atoms with Crippen molar-refractivity contribution in [2.75, 3.05) is 26.4 Å². The number of nitrogens with zero attached hydrogens (tertiary/aromatic N) is 3. The molecule has 1 heterocycles. The monoisotopic (exact) mass is 382 g/mol. The summed E-state index contributed by atoms with van der Waals surface area (Å²) in [6, 6.07) is 6.00. The highest BCUT2D eigenvalue weighted by molar-refractivity contribution is 7.99. The van der Waals surface area contributed by atoms with Crippen LogP contribution in [0.4, 0.5) is 4.39 Å². The molecule has 0 fully saturated rings. The van der Waals surface area contributed by atoms with Crippen molar-refractivity contribution in [1.29, 1.82) is 0 Å². The molecule has 0 bridgehead atoms. The second kappa shape index (κ2) is 9.18. The molecule has 1 N–H and O–H groups in total. The highest BCUT2D eigenvalue weighted by Gasteiger charge is 2.19. The Morgan fingerprint density at radius 2 is 2.12 bits per heavy atom. The van der Waals surface area contributed by atoms with Crippen LogP contribution < -0.4 is 10.1 Å². The number of carbonyl (C=O) groups excluding carboxylic acids is 2. The number of halogens is 1. The molecule has 2 rings (SSSR count). The fraction of sp³-hybridized carbons (Fsp3) is 0.375. The van der Waals surface area contributed by atoms with Crippen LogP contribution in [0, 0.1) is 5.82 Å². The molecule has 10 heteroatoms. The number of aromatic nitrogens is 2. The highest BCUT2D eigenvalue weighted by Crippen LogP contribution is 2.25. The van der Waals surface area contributed by atoms with Gasteiger partial charge in [-0.05, 0) is 19.1 Å². The highest BCUT2D eigenvalue weighted by atomic mass is 32.2. The number of para-hydroxylation sites is 1. The number of ether oxygens (including phenoxy) is 1. The van der Waals surface area contributed by atoms with Crippen LogP contribution in [0.5, 0.6) is 5.75 Å². The molecular weight excluding hydrogens is 363 g/mol. The van der Waals surface area contributed by atoms with Crippen molar-refractivity contribution in [3.05, 3.63) is 36.0 Å². The molecule has 140 valence electrons. The SMILES string of the molecule is CNC(=O)CN(C)C(=O)CSc1nnc([C@@H](C)Oc2ccccc2F)o1. The zero-order valence-electron chi connectivity index (χ0n) is 14.6.